The predicted octanol–water partition coefficient (Wildman–Crippen LogP) is 5.58. The second-order valence-electron chi connectivity index (χ2n) is 10.1. The quantitative estimate of drug-likeness (QED) is 0.261. The molecule has 0 aromatic heterocycles. The van der Waals surface area contributed by atoms with Crippen molar-refractivity contribution in [1.82, 2.24) is 10.2 Å². The Hall–Kier alpha value is -3.43. The van der Waals surface area contributed by atoms with Crippen molar-refractivity contribution in [1.29, 1.82) is 0 Å². The average molecular weight is 602 g/mol. The van der Waals surface area contributed by atoms with E-state index in [0.717, 1.165) is 18.2 Å². The molecule has 0 aliphatic carbocycles. The van der Waals surface area contributed by atoms with E-state index in [1.54, 1.807) is 36.4 Å². The highest BCUT2D eigenvalue weighted by molar-refractivity contribution is 7.92. The summed E-state index contributed by atoms with van der Waals surface area (Å²) in [7, 11) is -3.62. The zero-order valence-electron chi connectivity index (χ0n) is 23.6. The van der Waals surface area contributed by atoms with Crippen molar-refractivity contribution in [3.63, 3.8) is 0 Å². The minimum atomic E-state index is -3.62. The van der Waals surface area contributed by atoms with Gasteiger partial charge in [-0.1, -0.05) is 61.0 Å². The first-order chi connectivity index (χ1) is 19.5. The molecule has 41 heavy (non-hydrogen) atoms. The third kappa shape index (κ3) is 9.86. The number of benzene rings is 3. The Kier molecular flexibility index (Phi) is 11.7. The van der Waals surface area contributed by atoms with Crippen molar-refractivity contribution in [2.45, 2.75) is 58.2 Å². The molecule has 0 aliphatic heterocycles. The number of nitrogens with one attached hydrogen (secondary N) is 1. The van der Waals surface area contributed by atoms with Gasteiger partial charge in [-0.05, 0) is 67.3 Å². The molecule has 0 aliphatic rings. The highest BCUT2D eigenvalue weighted by Gasteiger charge is 2.31. The number of anilines is 1. The zero-order chi connectivity index (χ0) is 30.0. The van der Waals surface area contributed by atoms with Gasteiger partial charge in [0.15, 0.2) is 0 Å². The van der Waals surface area contributed by atoms with Crippen LogP contribution in [0.15, 0.2) is 78.9 Å². The standard InChI is InChI=1S/C31H37ClFN3O4S/c1-4-23(2)34-31(38)29(21-24-9-6-5-7-10-24)35(22-25-12-16-27(33)17-13-25)30(37)11-8-20-36(41(3,39)40)28-18-14-26(32)15-19-28/h5-7,9-10,12-19,23,29H,4,8,11,20-22H2,1-3H3,(H,34,38)/t23-,29-/m1/s1. The summed E-state index contributed by atoms with van der Waals surface area (Å²) in [5.74, 6) is -0.984. The van der Waals surface area contributed by atoms with Crippen LogP contribution in [0.1, 0.15) is 44.2 Å². The van der Waals surface area contributed by atoms with Crippen molar-refractivity contribution >= 4 is 39.1 Å². The van der Waals surface area contributed by atoms with Gasteiger partial charge < -0.3 is 10.2 Å². The van der Waals surface area contributed by atoms with Gasteiger partial charge in [0.1, 0.15) is 11.9 Å². The van der Waals surface area contributed by atoms with Gasteiger partial charge in [0.2, 0.25) is 21.8 Å². The summed E-state index contributed by atoms with van der Waals surface area (Å²) in [4.78, 5) is 28.9. The summed E-state index contributed by atoms with van der Waals surface area (Å²) in [5, 5.41) is 3.49. The van der Waals surface area contributed by atoms with E-state index < -0.39 is 21.9 Å². The number of hydrogen-bond acceptors (Lipinski definition) is 4. The maximum absolute atomic E-state index is 13.8. The highest BCUT2D eigenvalue weighted by atomic mass is 35.5. The molecule has 3 rings (SSSR count). The lowest BCUT2D eigenvalue weighted by Gasteiger charge is -2.32. The number of halogens is 2. The summed E-state index contributed by atoms with van der Waals surface area (Å²) >= 11 is 5.97. The van der Waals surface area contributed by atoms with Gasteiger partial charge in [-0.3, -0.25) is 13.9 Å². The van der Waals surface area contributed by atoms with E-state index in [9.17, 15) is 22.4 Å². The summed E-state index contributed by atoms with van der Waals surface area (Å²) in [6.07, 6.45) is 2.35. The van der Waals surface area contributed by atoms with Gasteiger partial charge >= 0.3 is 0 Å². The van der Waals surface area contributed by atoms with Gasteiger partial charge in [-0.25, -0.2) is 12.8 Å². The van der Waals surface area contributed by atoms with Crippen molar-refractivity contribution < 1.29 is 22.4 Å². The molecule has 3 aromatic rings. The molecule has 0 saturated carbocycles. The van der Waals surface area contributed by atoms with E-state index in [0.29, 0.717) is 16.3 Å². The Morgan fingerprint density at radius 1 is 0.951 bits per heavy atom. The average Bonchev–Trinajstić information content (AvgIpc) is 2.94. The molecule has 2 atom stereocenters. The minimum Gasteiger partial charge on any atom is -0.352 e. The first-order valence-electron chi connectivity index (χ1n) is 13.6. The van der Waals surface area contributed by atoms with Gasteiger partial charge in [-0.2, -0.15) is 0 Å². The van der Waals surface area contributed by atoms with Crippen LogP contribution >= 0.6 is 11.6 Å². The van der Waals surface area contributed by atoms with Gasteiger partial charge in [0.05, 0.1) is 11.9 Å². The lowest BCUT2D eigenvalue weighted by atomic mass is 10.0. The Morgan fingerprint density at radius 2 is 1.59 bits per heavy atom. The third-order valence-corrected chi connectivity index (χ3v) is 8.25. The molecule has 220 valence electrons. The molecule has 10 heteroatoms. The molecule has 0 fully saturated rings. The number of nitrogens with zero attached hydrogens (tertiary/aromatic N) is 2. The molecule has 0 radical (unpaired) electrons. The van der Waals surface area contributed by atoms with E-state index in [-0.39, 0.29) is 50.2 Å². The predicted molar refractivity (Wildman–Crippen MR) is 162 cm³/mol. The molecule has 3 aromatic carbocycles. The number of carbonyl (C=O) groups excluding carboxylic acids is 2. The Morgan fingerprint density at radius 3 is 2.17 bits per heavy atom. The normalized spacial score (nSPS) is 12.8. The number of sulfonamides is 1. The fourth-order valence-electron chi connectivity index (χ4n) is 4.39. The van der Waals surface area contributed by atoms with Crippen LogP contribution in [0, 0.1) is 5.82 Å². The van der Waals surface area contributed by atoms with Crippen LogP contribution < -0.4 is 9.62 Å². The zero-order valence-corrected chi connectivity index (χ0v) is 25.2. The van der Waals surface area contributed by atoms with Crippen molar-refractivity contribution in [3.05, 3.63) is 101 Å². The van der Waals surface area contributed by atoms with Crippen molar-refractivity contribution in [2.75, 3.05) is 17.1 Å². The monoisotopic (exact) mass is 601 g/mol. The molecule has 7 nitrogen and oxygen atoms in total. The Bertz CT molecular complexity index is 1390. The number of rotatable bonds is 14. The molecule has 0 saturated heterocycles. The molecule has 0 bridgehead atoms. The minimum absolute atomic E-state index is 0.00268. The van der Waals surface area contributed by atoms with Gasteiger partial charge in [-0.15, -0.1) is 0 Å². The number of carbonyl (C=O) groups is 2. The largest absolute Gasteiger partial charge is 0.352 e. The second kappa shape index (κ2) is 15.0. The fourth-order valence-corrected chi connectivity index (χ4v) is 5.48. The second-order valence-corrected chi connectivity index (χ2v) is 12.4. The lowest BCUT2D eigenvalue weighted by molar-refractivity contribution is -0.141. The molecular weight excluding hydrogens is 565 g/mol. The summed E-state index contributed by atoms with van der Waals surface area (Å²) in [5.41, 5.74) is 2.01. The maximum atomic E-state index is 13.8. The third-order valence-electron chi connectivity index (χ3n) is 6.81. The first-order valence-corrected chi connectivity index (χ1v) is 15.8. The Labute approximate surface area is 247 Å². The van der Waals surface area contributed by atoms with E-state index >= 15 is 0 Å². The van der Waals surface area contributed by atoms with Crippen LogP contribution in [0.25, 0.3) is 0 Å². The first kappa shape index (κ1) is 32.1. The summed E-state index contributed by atoms with van der Waals surface area (Å²) < 4.78 is 40.0. The van der Waals surface area contributed by atoms with Crippen molar-refractivity contribution in [3.8, 4) is 0 Å². The summed E-state index contributed by atoms with van der Waals surface area (Å²) in [6.45, 7) is 4.03. The van der Waals surface area contributed by atoms with Crippen molar-refractivity contribution in [2.24, 2.45) is 0 Å². The topological polar surface area (TPSA) is 86.8 Å². The SMILES string of the molecule is CC[C@@H](C)NC(=O)[C@@H](Cc1ccccc1)N(Cc1ccc(F)cc1)C(=O)CCCN(c1ccc(Cl)cc1)S(C)(=O)=O. The number of amides is 2. The smallest absolute Gasteiger partial charge is 0.243 e. The molecular formula is C31H37ClFN3O4S. The lowest BCUT2D eigenvalue weighted by Crippen LogP contribution is -2.52. The van der Waals surface area contributed by atoms with Crippen LogP contribution in [0.3, 0.4) is 0 Å². The Balaban J connectivity index is 1.88. The molecule has 0 heterocycles. The molecule has 1 N–H and O–H groups in total. The van der Waals surface area contributed by atoms with Crippen LogP contribution in [0.2, 0.25) is 5.02 Å². The van der Waals surface area contributed by atoms with Crippen LogP contribution in [0.4, 0.5) is 10.1 Å². The van der Waals surface area contributed by atoms with Crippen LogP contribution in [0.5, 0.6) is 0 Å². The van der Waals surface area contributed by atoms with Gasteiger partial charge in [0.25, 0.3) is 0 Å². The summed E-state index contributed by atoms with van der Waals surface area (Å²) in [6, 6.07) is 20.8. The maximum Gasteiger partial charge on any atom is 0.243 e. The van der Waals surface area contributed by atoms with Gasteiger partial charge in [0, 0.05) is 37.0 Å². The van der Waals surface area contributed by atoms with E-state index in [2.05, 4.69) is 5.32 Å². The molecule has 2 amide bonds. The molecule has 0 spiro atoms. The van der Waals surface area contributed by atoms with E-state index in [1.165, 1.54) is 21.3 Å². The van der Waals surface area contributed by atoms with E-state index in [1.807, 2.05) is 44.2 Å². The number of hydrogen-bond donors (Lipinski definition) is 1. The van der Waals surface area contributed by atoms with Crippen LogP contribution in [-0.2, 0) is 32.6 Å². The molecule has 0 unspecified atom stereocenters. The fraction of sp³-hybridized carbons (Fsp3) is 0.355. The van der Waals surface area contributed by atoms with Crippen LogP contribution in [-0.4, -0.2) is 50.0 Å². The van der Waals surface area contributed by atoms with E-state index in [4.69, 9.17) is 11.6 Å². The highest BCUT2D eigenvalue weighted by Crippen LogP contribution is 2.22.